The third kappa shape index (κ3) is 6.31. The van der Waals surface area contributed by atoms with Crippen LogP contribution in [0.25, 0.3) is 0 Å². The number of nitrogens with one attached hydrogen (secondary N) is 1. The summed E-state index contributed by atoms with van der Waals surface area (Å²) in [4.78, 5) is 12.3. The number of ether oxygens (including phenoxy) is 2. The Labute approximate surface area is 185 Å². The fourth-order valence-corrected chi connectivity index (χ4v) is 4.97. The number of benzene rings is 2. The van der Waals surface area contributed by atoms with E-state index in [1.54, 1.807) is 24.3 Å². The number of sulfonamides is 1. The van der Waals surface area contributed by atoms with Crippen molar-refractivity contribution in [1.29, 1.82) is 0 Å². The van der Waals surface area contributed by atoms with E-state index in [0.717, 1.165) is 36.0 Å². The van der Waals surface area contributed by atoms with Gasteiger partial charge in [0.05, 0.1) is 4.90 Å². The van der Waals surface area contributed by atoms with Crippen LogP contribution in [0.2, 0.25) is 0 Å². The summed E-state index contributed by atoms with van der Waals surface area (Å²) in [6, 6.07) is 12.1. The van der Waals surface area contributed by atoms with E-state index in [1.165, 1.54) is 0 Å². The van der Waals surface area contributed by atoms with Gasteiger partial charge in [-0.05, 0) is 76.3 Å². The Morgan fingerprint density at radius 3 is 2.48 bits per heavy atom. The molecule has 0 saturated carbocycles. The summed E-state index contributed by atoms with van der Waals surface area (Å²) in [5, 5.41) is 0. The summed E-state index contributed by atoms with van der Waals surface area (Å²) in [6.07, 6.45) is 3.28. The van der Waals surface area contributed by atoms with Crippen LogP contribution >= 0.6 is 0 Å². The Morgan fingerprint density at radius 1 is 1.10 bits per heavy atom. The average Bonchev–Trinajstić information content (AvgIpc) is 2.88. The smallest absolute Gasteiger partial charge is 0.344 e. The Morgan fingerprint density at radius 2 is 1.81 bits per heavy atom. The minimum atomic E-state index is -3.66. The maximum absolute atomic E-state index is 13.0. The zero-order chi connectivity index (χ0) is 22.6. The van der Waals surface area contributed by atoms with E-state index in [2.05, 4.69) is 4.72 Å². The summed E-state index contributed by atoms with van der Waals surface area (Å²) in [7, 11) is -3.66. The van der Waals surface area contributed by atoms with E-state index < -0.39 is 21.6 Å². The number of carbonyl (C=O) groups excluding carboxylic acids is 1. The second-order valence-electron chi connectivity index (χ2n) is 8.93. The van der Waals surface area contributed by atoms with Gasteiger partial charge < -0.3 is 9.47 Å². The van der Waals surface area contributed by atoms with E-state index >= 15 is 0 Å². The van der Waals surface area contributed by atoms with Gasteiger partial charge in [-0.15, -0.1) is 0 Å². The minimum Gasteiger partial charge on any atom is -0.482 e. The molecule has 1 atom stereocenters. The molecular formula is C24H31NO5S. The number of rotatable bonds is 6. The van der Waals surface area contributed by atoms with E-state index in [-0.39, 0.29) is 17.5 Å². The van der Waals surface area contributed by atoms with Crippen LogP contribution in [-0.2, 0) is 26.0 Å². The molecule has 7 heteroatoms. The topological polar surface area (TPSA) is 81.7 Å². The highest BCUT2D eigenvalue weighted by molar-refractivity contribution is 7.89. The molecule has 2 aromatic rings. The van der Waals surface area contributed by atoms with Crippen molar-refractivity contribution in [1.82, 2.24) is 4.72 Å². The maximum Gasteiger partial charge on any atom is 0.344 e. The molecule has 0 saturated heterocycles. The van der Waals surface area contributed by atoms with Gasteiger partial charge in [-0.25, -0.2) is 17.9 Å². The molecule has 0 aromatic heterocycles. The van der Waals surface area contributed by atoms with Gasteiger partial charge in [0.1, 0.15) is 11.4 Å². The van der Waals surface area contributed by atoms with Crippen molar-refractivity contribution in [3.63, 3.8) is 0 Å². The first kappa shape index (κ1) is 23.3. The summed E-state index contributed by atoms with van der Waals surface area (Å²) >= 11 is 0. The first-order valence-corrected chi connectivity index (χ1v) is 12.1. The summed E-state index contributed by atoms with van der Waals surface area (Å²) in [5.74, 6) is 0.167. The molecule has 0 bridgehead atoms. The summed E-state index contributed by atoms with van der Waals surface area (Å²) in [6.45, 7) is 7.16. The predicted octanol–water partition coefficient (Wildman–Crippen LogP) is 4.46. The second-order valence-corrected chi connectivity index (χ2v) is 10.6. The van der Waals surface area contributed by atoms with Crippen LogP contribution in [0.1, 0.15) is 62.8 Å². The summed E-state index contributed by atoms with van der Waals surface area (Å²) in [5.41, 5.74) is 2.27. The highest BCUT2D eigenvalue weighted by atomic mass is 32.2. The van der Waals surface area contributed by atoms with Crippen LogP contribution in [-0.4, -0.2) is 26.6 Å². The van der Waals surface area contributed by atoms with E-state index in [9.17, 15) is 13.2 Å². The van der Waals surface area contributed by atoms with Gasteiger partial charge in [-0.2, -0.15) is 0 Å². The van der Waals surface area contributed by atoms with Gasteiger partial charge in [0.25, 0.3) is 0 Å². The normalized spacial score (nSPS) is 16.8. The lowest BCUT2D eigenvalue weighted by Crippen LogP contribution is -2.29. The number of aryl methyl sites for hydroxylation is 1. The fraction of sp³-hybridized carbons (Fsp3) is 0.458. The lowest BCUT2D eigenvalue weighted by atomic mass is 9.99. The lowest BCUT2D eigenvalue weighted by molar-refractivity contribution is -0.157. The number of hydrogen-bond acceptors (Lipinski definition) is 5. The molecule has 0 heterocycles. The molecule has 0 radical (unpaired) electrons. The molecule has 1 aliphatic carbocycles. The Kier molecular flexibility index (Phi) is 7.06. The molecule has 0 spiro atoms. The van der Waals surface area contributed by atoms with Crippen LogP contribution in [0.15, 0.2) is 47.4 Å². The molecule has 0 amide bonds. The molecule has 3 rings (SSSR count). The quantitative estimate of drug-likeness (QED) is 0.524. The van der Waals surface area contributed by atoms with Gasteiger partial charge in [0.2, 0.25) is 10.0 Å². The molecular weight excluding hydrogens is 414 g/mol. The fourth-order valence-electron chi connectivity index (χ4n) is 3.72. The number of hydrogen-bond donors (Lipinski definition) is 1. The Balaban J connectivity index is 1.81. The first-order valence-electron chi connectivity index (χ1n) is 10.6. The molecule has 2 aromatic carbocycles. The van der Waals surface area contributed by atoms with Gasteiger partial charge in [0.15, 0.2) is 6.61 Å². The van der Waals surface area contributed by atoms with Crippen molar-refractivity contribution in [2.75, 3.05) is 6.61 Å². The third-order valence-corrected chi connectivity index (χ3v) is 6.60. The molecule has 168 valence electrons. The Hall–Kier alpha value is -2.38. The van der Waals surface area contributed by atoms with E-state index in [4.69, 9.17) is 9.47 Å². The highest BCUT2D eigenvalue weighted by Crippen LogP contribution is 2.35. The van der Waals surface area contributed by atoms with E-state index in [0.29, 0.717) is 12.2 Å². The van der Waals surface area contributed by atoms with Crippen LogP contribution in [0.3, 0.4) is 0 Å². The number of fused-ring (bicyclic) bond motifs is 1. The van der Waals surface area contributed by atoms with Crippen LogP contribution in [0, 0.1) is 6.92 Å². The van der Waals surface area contributed by atoms with Crippen LogP contribution in [0.5, 0.6) is 5.75 Å². The molecule has 1 unspecified atom stereocenters. The maximum atomic E-state index is 13.0. The van der Waals surface area contributed by atoms with Crippen molar-refractivity contribution in [2.45, 2.75) is 69.9 Å². The van der Waals surface area contributed by atoms with Gasteiger partial charge >= 0.3 is 5.97 Å². The third-order valence-electron chi connectivity index (χ3n) is 5.11. The second kappa shape index (κ2) is 9.40. The Bertz CT molecular complexity index is 1020. The minimum absolute atomic E-state index is 0.187. The van der Waals surface area contributed by atoms with Crippen LogP contribution < -0.4 is 9.46 Å². The number of esters is 1. The van der Waals surface area contributed by atoms with Crippen LogP contribution in [0.4, 0.5) is 0 Å². The summed E-state index contributed by atoms with van der Waals surface area (Å²) < 4.78 is 39.9. The standard InChI is InChI=1S/C24H31NO5S/c1-17-12-14-18(15-13-17)31(27,28)25-21-10-6-5-8-20-19(21)9-7-11-22(20)29-16-23(26)30-24(2,3)4/h7,9,11-15,21,25H,5-6,8,10,16H2,1-4H3. The zero-order valence-electron chi connectivity index (χ0n) is 18.6. The highest BCUT2D eigenvalue weighted by Gasteiger charge is 2.27. The molecule has 1 N–H and O–H groups in total. The lowest BCUT2D eigenvalue weighted by Gasteiger charge is -2.22. The van der Waals surface area contributed by atoms with Crippen molar-refractivity contribution in [3.8, 4) is 5.75 Å². The SMILES string of the molecule is Cc1ccc(S(=O)(=O)NC2CCCCc3c(OCC(=O)OC(C)(C)C)cccc32)cc1. The largest absolute Gasteiger partial charge is 0.482 e. The van der Waals surface area contributed by atoms with Crippen molar-refractivity contribution in [2.24, 2.45) is 0 Å². The predicted molar refractivity (Wildman–Crippen MR) is 120 cm³/mol. The van der Waals surface area contributed by atoms with Crippen molar-refractivity contribution < 1.29 is 22.7 Å². The average molecular weight is 446 g/mol. The molecule has 1 aliphatic rings. The first-order chi connectivity index (χ1) is 14.5. The molecule has 0 fully saturated rings. The molecule has 6 nitrogen and oxygen atoms in total. The molecule has 31 heavy (non-hydrogen) atoms. The van der Waals surface area contributed by atoms with Gasteiger partial charge in [-0.1, -0.05) is 36.2 Å². The van der Waals surface area contributed by atoms with Crippen molar-refractivity contribution >= 4 is 16.0 Å². The molecule has 0 aliphatic heterocycles. The number of carbonyl (C=O) groups is 1. The van der Waals surface area contributed by atoms with Gasteiger partial charge in [-0.3, -0.25) is 0 Å². The van der Waals surface area contributed by atoms with Gasteiger partial charge in [0, 0.05) is 6.04 Å². The zero-order valence-corrected chi connectivity index (χ0v) is 19.4. The van der Waals surface area contributed by atoms with Crippen molar-refractivity contribution in [3.05, 3.63) is 59.2 Å². The monoisotopic (exact) mass is 445 g/mol. The van der Waals surface area contributed by atoms with E-state index in [1.807, 2.05) is 45.9 Å².